The molecule has 0 saturated carbocycles. The van der Waals surface area contributed by atoms with Crippen LogP contribution < -0.4 is 9.75 Å². The molecular weight excluding hydrogens is 268 g/mol. The smallest absolute Gasteiger partial charge is 0.136 e. The Hall–Kier alpha value is -2.89. The summed E-state index contributed by atoms with van der Waals surface area (Å²) in [7, 11) is 1.60. The lowest BCUT2D eigenvalue weighted by molar-refractivity contribution is 0.415. The highest BCUT2D eigenvalue weighted by Crippen LogP contribution is 2.21. The number of rotatable bonds is 5. The first-order chi connectivity index (χ1) is 10.3. The van der Waals surface area contributed by atoms with E-state index < -0.39 is 0 Å². The highest BCUT2D eigenvalue weighted by molar-refractivity contribution is 5.49. The minimum atomic E-state index is 0.365. The summed E-state index contributed by atoms with van der Waals surface area (Å²) in [4.78, 5) is 15.4. The molecule has 2 heterocycles. The molecule has 0 N–H and O–H groups in total. The predicted octanol–water partition coefficient (Wildman–Crippen LogP) is 3.03. The fourth-order valence-corrected chi connectivity index (χ4v) is 2.21. The average molecular weight is 282 g/mol. The molecule has 1 aromatic carbocycles. The summed E-state index contributed by atoms with van der Waals surface area (Å²) in [5.41, 5.74) is 2.48. The van der Waals surface area contributed by atoms with E-state index in [1.54, 1.807) is 37.6 Å². The Kier molecular flexibility index (Phi) is 3.51. The van der Waals surface area contributed by atoms with E-state index in [4.69, 9.17) is 4.74 Å². The van der Waals surface area contributed by atoms with Crippen molar-refractivity contribution >= 4 is 11.3 Å². The molecule has 0 aliphatic heterocycles. The van der Waals surface area contributed by atoms with E-state index in [2.05, 4.69) is 10.3 Å². The van der Waals surface area contributed by atoms with Gasteiger partial charge in [0.1, 0.15) is 11.4 Å². The van der Waals surface area contributed by atoms with Crippen molar-refractivity contribution in [3.05, 3.63) is 65.5 Å². The number of nitroso groups, excluding NO2 is 1. The van der Waals surface area contributed by atoms with Crippen LogP contribution in [-0.2, 0) is 6.54 Å². The van der Waals surface area contributed by atoms with E-state index >= 15 is 0 Å². The van der Waals surface area contributed by atoms with E-state index in [-0.39, 0.29) is 0 Å². The second kappa shape index (κ2) is 5.62. The molecule has 0 aliphatic rings. The maximum atomic E-state index is 11.2. The standard InChI is InChI=1S/C15H14N4O2/c1-21-14-7-5-12(6-8-14)19(17-20)11-13-3-2-4-15-16-9-10-18(13)15/h2-10H,11H2,1H3. The Balaban J connectivity index is 1.90. The number of fused-ring (bicyclic) bond motifs is 1. The first-order valence-electron chi connectivity index (χ1n) is 6.47. The van der Waals surface area contributed by atoms with Crippen LogP contribution in [0.1, 0.15) is 5.69 Å². The first kappa shape index (κ1) is 13.1. The van der Waals surface area contributed by atoms with Crippen molar-refractivity contribution in [2.24, 2.45) is 5.29 Å². The summed E-state index contributed by atoms with van der Waals surface area (Å²) in [5, 5.41) is 4.51. The number of benzene rings is 1. The Morgan fingerprint density at radius 3 is 2.76 bits per heavy atom. The largest absolute Gasteiger partial charge is 0.497 e. The molecule has 6 heteroatoms. The second-order valence-corrected chi connectivity index (χ2v) is 4.51. The molecule has 0 spiro atoms. The Morgan fingerprint density at radius 1 is 1.24 bits per heavy atom. The van der Waals surface area contributed by atoms with Crippen LogP contribution in [0, 0.1) is 4.91 Å². The molecule has 106 valence electrons. The van der Waals surface area contributed by atoms with Crippen molar-refractivity contribution in [3.8, 4) is 5.75 Å². The molecule has 0 saturated heterocycles. The maximum Gasteiger partial charge on any atom is 0.136 e. The van der Waals surface area contributed by atoms with Gasteiger partial charge in [0.05, 0.1) is 24.6 Å². The Bertz CT molecular complexity index is 752. The average Bonchev–Trinajstić information content (AvgIpc) is 3.02. The van der Waals surface area contributed by atoms with Gasteiger partial charge in [-0.25, -0.2) is 9.99 Å². The van der Waals surface area contributed by atoms with Crippen LogP contribution in [0.25, 0.3) is 5.65 Å². The van der Waals surface area contributed by atoms with Crippen LogP contribution in [0.2, 0.25) is 0 Å². The third kappa shape index (κ3) is 2.55. The Labute approximate surface area is 121 Å². The molecule has 3 aromatic rings. The van der Waals surface area contributed by atoms with E-state index in [1.807, 2.05) is 28.8 Å². The zero-order valence-corrected chi connectivity index (χ0v) is 11.5. The molecule has 0 radical (unpaired) electrons. The van der Waals surface area contributed by atoms with Gasteiger partial charge < -0.3 is 9.14 Å². The minimum absolute atomic E-state index is 0.365. The van der Waals surface area contributed by atoms with E-state index in [1.165, 1.54) is 5.01 Å². The lowest BCUT2D eigenvalue weighted by Gasteiger charge is -2.16. The van der Waals surface area contributed by atoms with E-state index in [9.17, 15) is 4.91 Å². The molecule has 0 fully saturated rings. The molecule has 0 unspecified atom stereocenters. The van der Waals surface area contributed by atoms with Gasteiger partial charge in [0, 0.05) is 18.1 Å². The topological polar surface area (TPSA) is 59.2 Å². The van der Waals surface area contributed by atoms with Crippen LogP contribution in [-0.4, -0.2) is 16.5 Å². The van der Waals surface area contributed by atoms with Crippen LogP contribution in [0.5, 0.6) is 5.75 Å². The molecule has 2 aromatic heterocycles. The fourth-order valence-electron chi connectivity index (χ4n) is 2.21. The molecule has 0 aliphatic carbocycles. The summed E-state index contributed by atoms with van der Waals surface area (Å²) in [6.07, 6.45) is 3.59. The van der Waals surface area contributed by atoms with E-state index in [0.717, 1.165) is 17.1 Å². The van der Waals surface area contributed by atoms with Crippen molar-refractivity contribution in [1.29, 1.82) is 0 Å². The number of aromatic nitrogens is 2. The molecule has 6 nitrogen and oxygen atoms in total. The lowest BCUT2D eigenvalue weighted by atomic mass is 10.2. The van der Waals surface area contributed by atoms with Gasteiger partial charge in [-0.15, -0.1) is 4.91 Å². The van der Waals surface area contributed by atoms with Gasteiger partial charge in [0.15, 0.2) is 0 Å². The normalized spacial score (nSPS) is 10.5. The number of hydrogen-bond acceptors (Lipinski definition) is 4. The van der Waals surface area contributed by atoms with Crippen molar-refractivity contribution < 1.29 is 4.74 Å². The van der Waals surface area contributed by atoms with Gasteiger partial charge in [0.2, 0.25) is 0 Å². The van der Waals surface area contributed by atoms with Crippen LogP contribution in [0.3, 0.4) is 0 Å². The van der Waals surface area contributed by atoms with E-state index in [0.29, 0.717) is 12.2 Å². The number of hydrogen-bond donors (Lipinski definition) is 0. The summed E-state index contributed by atoms with van der Waals surface area (Å²) in [6, 6.07) is 13.0. The zero-order valence-electron chi connectivity index (χ0n) is 11.5. The van der Waals surface area contributed by atoms with Gasteiger partial charge in [-0.2, -0.15) is 0 Å². The third-order valence-electron chi connectivity index (χ3n) is 3.29. The van der Waals surface area contributed by atoms with Crippen molar-refractivity contribution in [1.82, 2.24) is 9.38 Å². The van der Waals surface area contributed by atoms with Crippen LogP contribution in [0.4, 0.5) is 5.69 Å². The van der Waals surface area contributed by atoms with Gasteiger partial charge in [-0.05, 0) is 36.4 Å². The van der Waals surface area contributed by atoms with Gasteiger partial charge in [-0.1, -0.05) is 6.07 Å². The summed E-state index contributed by atoms with van der Waals surface area (Å²) < 4.78 is 7.04. The van der Waals surface area contributed by atoms with Crippen molar-refractivity contribution in [2.75, 3.05) is 12.1 Å². The fraction of sp³-hybridized carbons (Fsp3) is 0.133. The lowest BCUT2D eigenvalue weighted by Crippen LogP contribution is -2.16. The number of methoxy groups -OCH3 is 1. The summed E-state index contributed by atoms with van der Waals surface area (Å²) in [5.74, 6) is 0.737. The third-order valence-corrected chi connectivity index (χ3v) is 3.29. The number of ether oxygens (including phenoxy) is 1. The number of imidazole rings is 1. The zero-order chi connectivity index (χ0) is 14.7. The molecule has 21 heavy (non-hydrogen) atoms. The van der Waals surface area contributed by atoms with Crippen molar-refractivity contribution in [2.45, 2.75) is 6.54 Å². The number of anilines is 1. The summed E-state index contributed by atoms with van der Waals surface area (Å²) >= 11 is 0. The van der Waals surface area contributed by atoms with Crippen molar-refractivity contribution in [3.63, 3.8) is 0 Å². The molecule has 0 amide bonds. The molecular formula is C15H14N4O2. The van der Waals surface area contributed by atoms with Crippen LogP contribution >= 0.6 is 0 Å². The van der Waals surface area contributed by atoms with Gasteiger partial charge >= 0.3 is 0 Å². The molecule has 3 rings (SSSR count). The number of pyridine rings is 1. The quantitative estimate of drug-likeness (QED) is 0.533. The monoisotopic (exact) mass is 282 g/mol. The predicted molar refractivity (Wildman–Crippen MR) is 80.2 cm³/mol. The Morgan fingerprint density at radius 2 is 2.05 bits per heavy atom. The highest BCUT2D eigenvalue weighted by atomic mass is 16.5. The second-order valence-electron chi connectivity index (χ2n) is 4.51. The SMILES string of the molecule is COc1ccc(N(Cc2cccc3nccn23)N=O)cc1. The molecule has 0 bridgehead atoms. The summed E-state index contributed by atoms with van der Waals surface area (Å²) in [6.45, 7) is 0.365. The molecule has 0 atom stereocenters. The van der Waals surface area contributed by atoms with Gasteiger partial charge in [-0.3, -0.25) is 0 Å². The minimum Gasteiger partial charge on any atom is -0.497 e. The van der Waals surface area contributed by atoms with Crippen LogP contribution in [0.15, 0.2) is 60.1 Å². The van der Waals surface area contributed by atoms with Gasteiger partial charge in [0.25, 0.3) is 0 Å². The first-order valence-corrected chi connectivity index (χ1v) is 6.47. The maximum absolute atomic E-state index is 11.2. The number of nitrogens with zero attached hydrogens (tertiary/aromatic N) is 4. The highest BCUT2D eigenvalue weighted by Gasteiger charge is 2.10.